The summed E-state index contributed by atoms with van der Waals surface area (Å²) in [5.74, 6) is 0.797. The van der Waals surface area contributed by atoms with Gasteiger partial charge in [-0.2, -0.15) is 0 Å². The normalized spacial score (nSPS) is 12.8. The Labute approximate surface area is 106 Å². The van der Waals surface area contributed by atoms with E-state index < -0.39 is 0 Å². The van der Waals surface area contributed by atoms with Gasteiger partial charge < -0.3 is 14.6 Å². The van der Waals surface area contributed by atoms with Crippen LogP contribution in [0.25, 0.3) is 11.2 Å². The SMILES string of the molecule is CCC(C)Nc1ncnc2c1ncn2CCOC. The van der Waals surface area contributed by atoms with Gasteiger partial charge in [0.1, 0.15) is 11.8 Å². The van der Waals surface area contributed by atoms with Gasteiger partial charge in [0.05, 0.1) is 12.9 Å². The molecule has 0 bridgehead atoms. The van der Waals surface area contributed by atoms with Crippen molar-refractivity contribution in [3.8, 4) is 0 Å². The molecule has 2 aromatic rings. The van der Waals surface area contributed by atoms with Gasteiger partial charge in [-0.15, -0.1) is 0 Å². The lowest BCUT2D eigenvalue weighted by molar-refractivity contribution is 0.188. The van der Waals surface area contributed by atoms with E-state index in [2.05, 4.69) is 34.1 Å². The Bertz CT molecular complexity index is 510. The van der Waals surface area contributed by atoms with E-state index in [9.17, 15) is 0 Å². The Balaban J connectivity index is 2.30. The van der Waals surface area contributed by atoms with E-state index in [1.807, 2.05) is 4.57 Å². The fourth-order valence-electron chi connectivity index (χ4n) is 1.68. The van der Waals surface area contributed by atoms with E-state index >= 15 is 0 Å². The number of aromatic nitrogens is 4. The van der Waals surface area contributed by atoms with Crippen LogP contribution in [0.1, 0.15) is 20.3 Å². The maximum absolute atomic E-state index is 5.07. The smallest absolute Gasteiger partial charge is 0.165 e. The third-order valence-corrected chi connectivity index (χ3v) is 2.93. The van der Waals surface area contributed by atoms with Crippen LogP contribution in [-0.4, -0.2) is 39.3 Å². The average Bonchev–Trinajstić information content (AvgIpc) is 2.80. The summed E-state index contributed by atoms with van der Waals surface area (Å²) in [6.45, 7) is 5.64. The maximum Gasteiger partial charge on any atom is 0.165 e. The summed E-state index contributed by atoms with van der Waals surface area (Å²) in [6, 6.07) is 0.368. The van der Waals surface area contributed by atoms with Gasteiger partial charge in [0.15, 0.2) is 11.5 Å². The molecule has 1 unspecified atom stereocenters. The number of imidazole rings is 1. The maximum atomic E-state index is 5.07. The Hall–Kier alpha value is -1.69. The molecule has 0 saturated carbocycles. The molecule has 0 spiro atoms. The Morgan fingerprint density at radius 1 is 1.39 bits per heavy atom. The summed E-state index contributed by atoms with van der Waals surface area (Å²) in [5.41, 5.74) is 1.65. The molecular formula is C12H19N5O. The molecule has 6 heteroatoms. The molecule has 98 valence electrons. The molecule has 18 heavy (non-hydrogen) atoms. The number of fused-ring (bicyclic) bond motifs is 1. The lowest BCUT2D eigenvalue weighted by atomic mass is 10.2. The fraction of sp³-hybridized carbons (Fsp3) is 0.583. The number of nitrogens with zero attached hydrogens (tertiary/aromatic N) is 4. The topological polar surface area (TPSA) is 64.9 Å². The number of nitrogens with one attached hydrogen (secondary N) is 1. The van der Waals surface area contributed by atoms with Crippen molar-refractivity contribution in [3.05, 3.63) is 12.7 Å². The molecule has 1 N–H and O–H groups in total. The van der Waals surface area contributed by atoms with Gasteiger partial charge in [-0.1, -0.05) is 6.92 Å². The molecule has 2 rings (SSSR count). The zero-order chi connectivity index (χ0) is 13.0. The molecule has 0 amide bonds. The van der Waals surface area contributed by atoms with Crippen molar-refractivity contribution >= 4 is 17.0 Å². The minimum atomic E-state index is 0.368. The van der Waals surface area contributed by atoms with E-state index in [-0.39, 0.29) is 0 Å². The predicted octanol–water partition coefficient (Wildman–Crippen LogP) is 1.68. The highest BCUT2D eigenvalue weighted by molar-refractivity contribution is 5.82. The number of hydrogen-bond donors (Lipinski definition) is 1. The number of ether oxygens (including phenoxy) is 1. The summed E-state index contributed by atoms with van der Waals surface area (Å²) in [6.07, 6.45) is 4.38. The Morgan fingerprint density at radius 2 is 2.22 bits per heavy atom. The van der Waals surface area contributed by atoms with Crippen LogP contribution in [0.5, 0.6) is 0 Å². The molecule has 0 aromatic carbocycles. The molecule has 6 nitrogen and oxygen atoms in total. The molecule has 2 heterocycles. The number of rotatable bonds is 6. The first-order valence-electron chi connectivity index (χ1n) is 6.17. The number of methoxy groups -OCH3 is 1. The van der Waals surface area contributed by atoms with Gasteiger partial charge in [-0.25, -0.2) is 15.0 Å². The third kappa shape index (κ3) is 2.59. The zero-order valence-electron chi connectivity index (χ0n) is 11.1. The van der Waals surface area contributed by atoms with E-state index in [1.54, 1.807) is 19.8 Å². The van der Waals surface area contributed by atoms with E-state index in [0.717, 1.165) is 29.9 Å². The van der Waals surface area contributed by atoms with Crippen LogP contribution in [0.2, 0.25) is 0 Å². The second-order valence-corrected chi connectivity index (χ2v) is 4.28. The van der Waals surface area contributed by atoms with Gasteiger partial charge in [0, 0.05) is 19.7 Å². The quantitative estimate of drug-likeness (QED) is 0.843. The predicted molar refractivity (Wildman–Crippen MR) is 70.6 cm³/mol. The van der Waals surface area contributed by atoms with Gasteiger partial charge in [0.2, 0.25) is 0 Å². The van der Waals surface area contributed by atoms with Crippen LogP contribution < -0.4 is 5.32 Å². The van der Waals surface area contributed by atoms with Gasteiger partial charge in [-0.3, -0.25) is 0 Å². The molecule has 2 aromatic heterocycles. The summed E-state index contributed by atoms with van der Waals surface area (Å²) in [7, 11) is 1.68. The number of hydrogen-bond acceptors (Lipinski definition) is 5. The molecule has 1 atom stereocenters. The van der Waals surface area contributed by atoms with E-state index in [1.165, 1.54) is 0 Å². The standard InChI is InChI=1S/C12H19N5O/c1-4-9(2)16-11-10-12(14-7-13-11)17(8-15-10)5-6-18-3/h7-9H,4-6H2,1-3H3,(H,13,14,16). The van der Waals surface area contributed by atoms with Gasteiger partial charge in [0.25, 0.3) is 0 Å². The molecule has 0 radical (unpaired) electrons. The molecule has 0 fully saturated rings. The zero-order valence-corrected chi connectivity index (χ0v) is 11.1. The van der Waals surface area contributed by atoms with Crippen LogP contribution in [0, 0.1) is 0 Å². The van der Waals surface area contributed by atoms with Crippen molar-refractivity contribution in [3.63, 3.8) is 0 Å². The summed E-state index contributed by atoms with van der Waals surface area (Å²) in [4.78, 5) is 12.9. The second kappa shape index (κ2) is 5.77. The first-order chi connectivity index (χ1) is 8.76. The third-order valence-electron chi connectivity index (χ3n) is 2.93. The Morgan fingerprint density at radius 3 is 2.94 bits per heavy atom. The van der Waals surface area contributed by atoms with Crippen molar-refractivity contribution in [2.75, 3.05) is 19.0 Å². The summed E-state index contributed by atoms with van der Waals surface area (Å²) in [5, 5.41) is 3.35. The second-order valence-electron chi connectivity index (χ2n) is 4.28. The van der Waals surface area contributed by atoms with Crippen molar-refractivity contribution in [1.82, 2.24) is 19.5 Å². The lowest BCUT2D eigenvalue weighted by Gasteiger charge is -2.11. The van der Waals surface area contributed by atoms with Gasteiger partial charge >= 0.3 is 0 Å². The Kier molecular flexibility index (Phi) is 4.09. The molecule has 0 saturated heterocycles. The minimum absolute atomic E-state index is 0.368. The van der Waals surface area contributed by atoms with Crippen molar-refractivity contribution in [1.29, 1.82) is 0 Å². The average molecular weight is 249 g/mol. The minimum Gasteiger partial charge on any atom is -0.383 e. The summed E-state index contributed by atoms with van der Waals surface area (Å²) >= 11 is 0. The van der Waals surface area contributed by atoms with E-state index in [0.29, 0.717) is 12.6 Å². The van der Waals surface area contributed by atoms with Crippen LogP contribution in [0.15, 0.2) is 12.7 Å². The van der Waals surface area contributed by atoms with Crippen molar-refractivity contribution in [2.24, 2.45) is 0 Å². The summed E-state index contributed by atoms with van der Waals surface area (Å²) < 4.78 is 7.04. The highest BCUT2D eigenvalue weighted by atomic mass is 16.5. The van der Waals surface area contributed by atoms with Crippen LogP contribution in [0.3, 0.4) is 0 Å². The van der Waals surface area contributed by atoms with E-state index in [4.69, 9.17) is 4.74 Å². The number of anilines is 1. The largest absolute Gasteiger partial charge is 0.383 e. The lowest BCUT2D eigenvalue weighted by Crippen LogP contribution is -2.15. The highest BCUT2D eigenvalue weighted by Crippen LogP contribution is 2.18. The first-order valence-corrected chi connectivity index (χ1v) is 6.17. The first kappa shape index (κ1) is 12.8. The van der Waals surface area contributed by atoms with Crippen molar-refractivity contribution in [2.45, 2.75) is 32.9 Å². The molecule has 0 aliphatic rings. The molecular weight excluding hydrogens is 230 g/mol. The van der Waals surface area contributed by atoms with Crippen LogP contribution >= 0.6 is 0 Å². The molecule has 0 aliphatic heterocycles. The van der Waals surface area contributed by atoms with Crippen molar-refractivity contribution < 1.29 is 4.74 Å². The van der Waals surface area contributed by atoms with Gasteiger partial charge in [-0.05, 0) is 13.3 Å². The highest BCUT2D eigenvalue weighted by Gasteiger charge is 2.11. The fourth-order valence-corrected chi connectivity index (χ4v) is 1.68. The molecule has 0 aliphatic carbocycles. The van der Waals surface area contributed by atoms with Crippen LogP contribution in [0.4, 0.5) is 5.82 Å². The monoisotopic (exact) mass is 249 g/mol. The van der Waals surface area contributed by atoms with Crippen LogP contribution in [-0.2, 0) is 11.3 Å².